The second-order valence-corrected chi connectivity index (χ2v) is 5.83. The number of fused-ring (bicyclic) bond motifs is 1. The third kappa shape index (κ3) is 2.02. The molecule has 2 nitrogen and oxygen atoms in total. The number of hydrogen-bond acceptors (Lipinski definition) is 3. The molecule has 0 aromatic carbocycles. The molecule has 3 rings (SSSR count). The molecule has 0 aliphatic carbocycles. The van der Waals surface area contributed by atoms with Crippen molar-refractivity contribution < 1.29 is 0 Å². The first-order valence-electron chi connectivity index (χ1n) is 6.13. The van der Waals surface area contributed by atoms with Gasteiger partial charge in [-0.25, -0.2) is 0 Å². The van der Waals surface area contributed by atoms with Crippen molar-refractivity contribution in [1.82, 2.24) is 4.98 Å². The van der Waals surface area contributed by atoms with Crippen molar-refractivity contribution in [2.75, 3.05) is 11.4 Å². The molecule has 4 heteroatoms. The van der Waals surface area contributed by atoms with E-state index in [-0.39, 0.29) is 0 Å². The fourth-order valence-corrected chi connectivity index (χ4v) is 3.69. The van der Waals surface area contributed by atoms with E-state index >= 15 is 0 Å². The topological polar surface area (TPSA) is 16.1 Å². The number of anilines is 1. The van der Waals surface area contributed by atoms with Crippen LogP contribution in [-0.2, 0) is 12.3 Å². The first-order chi connectivity index (χ1) is 8.79. The number of rotatable bonds is 2. The van der Waals surface area contributed by atoms with E-state index in [4.69, 9.17) is 11.6 Å². The Morgan fingerprint density at radius 3 is 3.22 bits per heavy atom. The van der Waals surface area contributed by atoms with Crippen molar-refractivity contribution in [2.45, 2.75) is 25.3 Å². The molecule has 2 aromatic heterocycles. The van der Waals surface area contributed by atoms with Crippen LogP contribution in [0.1, 0.15) is 29.1 Å². The molecule has 1 aliphatic heterocycles. The highest BCUT2D eigenvalue weighted by Gasteiger charge is 2.24. The zero-order chi connectivity index (χ0) is 12.5. The standard InChI is InChI=1S/C14H15ClN2S/c1-10-13-4-7-18-14(13)3-6-17(10)12-2-5-16-11(8-12)9-15/h2,4-5,7-8,10H,3,6,9H2,1H3. The van der Waals surface area contributed by atoms with Gasteiger partial charge in [-0.05, 0) is 42.5 Å². The number of hydrogen-bond donors (Lipinski definition) is 0. The average molecular weight is 279 g/mol. The Labute approximate surface area is 116 Å². The molecule has 0 N–H and O–H groups in total. The highest BCUT2D eigenvalue weighted by Crippen LogP contribution is 2.35. The van der Waals surface area contributed by atoms with Crippen LogP contribution in [0.2, 0.25) is 0 Å². The number of aromatic nitrogens is 1. The fourth-order valence-electron chi connectivity index (χ4n) is 2.58. The number of halogens is 1. The normalized spacial score (nSPS) is 18.8. The Balaban J connectivity index is 1.94. The predicted octanol–water partition coefficient (Wildman–Crippen LogP) is 4.01. The van der Waals surface area contributed by atoms with Crippen LogP contribution in [-0.4, -0.2) is 11.5 Å². The maximum Gasteiger partial charge on any atom is 0.0648 e. The number of alkyl halides is 1. The lowest BCUT2D eigenvalue weighted by Gasteiger charge is -2.35. The van der Waals surface area contributed by atoms with Crippen LogP contribution in [0.25, 0.3) is 0 Å². The summed E-state index contributed by atoms with van der Waals surface area (Å²) in [6.45, 7) is 3.34. The van der Waals surface area contributed by atoms with Gasteiger partial charge in [-0.2, -0.15) is 0 Å². The maximum absolute atomic E-state index is 5.86. The molecule has 0 saturated carbocycles. The van der Waals surface area contributed by atoms with E-state index in [0.717, 1.165) is 18.7 Å². The van der Waals surface area contributed by atoms with Crippen molar-refractivity contribution in [3.63, 3.8) is 0 Å². The SMILES string of the molecule is CC1c2ccsc2CCN1c1ccnc(CCl)c1. The summed E-state index contributed by atoms with van der Waals surface area (Å²) in [5.41, 5.74) is 3.64. The van der Waals surface area contributed by atoms with Gasteiger partial charge in [-0.3, -0.25) is 4.98 Å². The van der Waals surface area contributed by atoms with Gasteiger partial charge in [-0.15, -0.1) is 22.9 Å². The molecular formula is C14H15ClN2S. The molecule has 0 amide bonds. The monoisotopic (exact) mass is 278 g/mol. The minimum absolute atomic E-state index is 0.436. The molecule has 0 fully saturated rings. The van der Waals surface area contributed by atoms with E-state index in [1.807, 2.05) is 17.5 Å². The lowest BCUT2D eigenvalue weighted by molar-refractivity contribution is 0.632. The van der Waals surface area contributed by atoms with Gasteiger partial charge in [0.2, 0.25) is 0 Å². The molecule has 2 aromatic rings. The van der Waals surface area contributed by atoms with Crippen LogP contribution in [0.5, 0.6) is 0 Å². The van der Waals surface area contributed by atoms with Gasteiger partial charge in [0, 0.05) is 23.3 Å². The summed E-state index contributed by atoms with van der Waals surface area (Å²) in [5.74, 6) is 0.472. The summed E-state index contributed by atoms with van der Waals surface area (Å²) in [7, 11) is 0. The lowest BCUT2D eigenvalue weighted by Crippen LogP contribution is -2.33. The Kier molecular flexibility index (Phi) is 3.27. The van der Waals surface area contributed by atoms with Crippen LogP contribution in [0, 0.1) is 0 Å². The molecule has 0 bridgehead atoms. The fraction of sp³-hybridized carbons (Fsp3) is 0.357. The smallest absolute Gasteiger partial charge is 0.0648 e. The summed E-state index contributed by atoms with van der Waals surface area (Å²) < 4.78 is 0. The van der Waals surface area contributed by atoms with Crippen molar-refractivity contribution in [1.29, 1.82) is 0 Å². The van der Waals surface area contributed by atoms with Gasteiger partial charge in [0.1, 0.15) is 0 Å². The van der Waals surface area contributed by atoms with Gasteiger partial charge in [0.25, 0.3) is 0 Å². The number of nitrogens with zero attached hydrogens (tertiary/aromatic N) is 2. The molecule has 18 heavy (non-hydrogen) atoms. The molecular weight excluding hydrogens is 264 g/mol. The number of thiophene rings is 1. The highest BCUT2D eigenvalue weighted by molar-refractivity contribution is 7.10. The molecule has 0 spiro atoms. The van der Waals surface area contributed by atoms with Gasteiger partial charge < -0.3 is 4.90 Å². The molecule has 0 radical (unpaired) electrons. The minimum atomic E-state index is 0.436. The lowest BCUT2D eigenvalue weighted by atomic mass is 10.0. The highest BCUT2D eigenvalue weighted by atomic mass is 35.5. The molecule has 3 heterocycles. The second kappa shape index (κ2) is 4.90. The van der Waals surface area contributed by atoms with E-state index in [2.05, 4.69) is 40.4 Å². The van der Waals surface area contributed by atoms with E-state index < -0.39 is 0 Å². The minimum Gasteiger partial charge on any atom is -0.364 e. The molecule has 0 saturated heterocycles. The van der Waals surface area contributed by atoms with E-state index in [1.54, 1.807) is 0 Å². The van der Waals surface area contributed by atoms with Crippen molar-refractivity contribution in [3.05, 3.63) is 45.9 Å². The van der Waals surface area contributed by atoms with E-state index in [0.29, 0.717) is 11.9 Å². The van der Waals surface area contributed by atoms with Crippen LogP contribution in [0.3, 0.4) is 0 Å². The second-order valence-electron chi connectivity index (χ2n) is 4.56. The zero-order valence-corrected chi connectivity index (χ0v) is 11.8. The van der Waals surface area contributed by atoms with Crippen molar-refractivity contribution >= 4 is 28.6 Å². The zero-order valence-electron chi connectivity index (χ0n) is 10.3. The van der Waals surface area contributed by atoms with E-state index in [9.17, 15) is 0 Å². The summed E-state index contributed by atoms with van der Waals surface area (Å²) in [6, 6.07) is 6.86. The van der Waals surface area contributed by atoms with Crippen LogP contribution in [0.4, 0.5) is 5.69 Å². The predicted molar refractivity (Wildman–Crippen MR) is 77.6 cm³/mol. The molecule has 1 aliphatic rings. The van der Waals surface area contributed by atoms with Crippen molar-refractivity contribution in [2.24, 2.45) is 0 Å². The molecule has 1 unspecified atom stereocenters. The first kappa shape index (κ1) is 12.0. The third-order valence-electron chi connectivity index (χ3n) is 3.55. The molecule has 94 valence electrons. The summed E-state index contributed by atoms with van der Waals surface area (Å²) in [6.07, 6.45) is 2.98. The Morgan fingerprint density at radius 1 is 1.50 bits per heavy atom. The summed E-state index contributed by atoms with van der Waals surface area (Å²) in [5, 5.41) is 2.20. The number of pyridine rings is 1. The quantitative estimate of drug-likeness (QED) is 0.772. The third-order valence-corrected chi connectivity index (χ3v) is 4.82. The van der Waals surface area contributed by atoms with Gasteiger partial charge >= 0.3 is 0 Å². The van der Waals surface area contributed by atoms with Crippen LogP contribution < -0.4 is 4.90 Å². The maximum atomic E-state index is 5.86. The van der Waals surface area contributed by atoms with Crippen molar-refractivity contribution in [3.8, 4) is 0 Å². The average Bonchev–Trinajstić information content (AvgIpc) is 2.88. The van der Waals surface area contributed by atoms with Gasteiger partial charge in [0.15, 0.2) is 0 Å². The van der Waals surface area contributed by atoms with Crippen LogP contribution in [0.15, 0.2) is 29.8 Å². The summed E-state index contributed by atoms with van der Waals surface area (Å²) in [4.78, 5) is 8.23. The molecule has 1 atom stereocenters. The Morgan fingerprint density at radius 2 is 2.39 bits per heavy atom. The van der Waals surface area contributed by atoms with Crippen LogP contribution >= 0.6 is 22.9 Å². The van der Waals surface area contributed by atoms with Gasteiger partial charge in [-0.1, -0.05) is 0 Å². The first-order valence-corrected chi connectivity index (χ1v) is 7.55. The van der Waals surface area contributed by atoms with E-state index in [1.165, 1.54) is 16.1 Å². The summed E-state index contributed by atoms with van der Waals surface area (Å²) >= 11 is 7.73. The Bertz CT molecular complexity index is 552. The Hall–Kier alpha value is -1.06. The van der Waals surface area contributed by atoms with Gasteiger partial charge in [0.05, 0.1) is 17.6 Å². The largest absolute Gasteiger partial charge is 0.364 e.